The zero-order valence-electron chi connectivity index (χ0n) is 9.99. The zero-order chi connectivity index (χ0) is 11.5. The van der Waals surface area contributed by atoms with Crippen LogP contribution in [0.3, 0.4) is 0 Å². The average molecular weight is 240 g/mol. The van der Waals surface area contributed by atoms with Crippen molar-refractivity contribution in [3.05, 3.63) is 15.6 Å². The third-order valence-electron chi connectivity index (χ3n) is 3.08. The van der Waals surface area contributed by atoms with Crippen molar-refractivity contribution >= 4 is 11.3 Å². The van der Waals surface area contributed by atoms with Crippen LogP contribution < -0.4 is 5.32 Å². The highest BCUT2D eigenvalue weighted by Gasteiger charge is 2.23. The van der Waals surface area contributed by atoms with E-state index in [1.165, 1.54) is 28.4 Å². The molecule has 1 aromatic rings. The second kappa shape index (κ2) is 5.25. The van der Waals surface area contributed by atoms with Gasteiger partial charge in [0.2, 0.25) is 0 Å². The van der Waals surface area contributed by atoms with Crippen LogP contribution in [-0.4, -0.2) is 23.2 Å². The quantitative estimate of drug-likeness (QED) is 0.846. The lowest BCUT2D eigenvalue weighted by Gasteiger charge is -2.23. The summed E-state index contributed by atoms with van der Waals surface area (Å²) >= 11 is 1.82. The molecule has 1 aromatic heterocycles. The molecule has 3 nitrogen and oxygen atoms in total. The van der Waals surface area contributed by atoms with E-state index in [1.54, 1.807) is 0 Å². The van der Waals surface area contributed by atoms with Crippen LogP contribution in [0.5, 0.6) is 0 Å². The molecular formula is C12H20N2OS. The molecular weight excluding hydrogens is 220 g/mol. The SMILES string of the molecule is Cc1nc2c(s1)C(NCC(C)CO)CCC2. The molecule has 0 saturated heterocycles. The van der Waals surface area contributed by atoms with E-state index < -0.39 is 0 Å². The van der Waals surface area contributed by atoms with E-state index in [-0.39, 0.29) is 6.61 Å². The number of nitrogens with one attached hydrogen (secondary N) is 1. The van der Waals surface area contributed by atoms with Gasteiger partial charge in [-0.15, -0.1) is 11.3 Å². The van der Waals surface area contributed by atoms with Gasteiger partial charge in [-0.1, -0.05) is 6.92 Å². The lowest BCUT2D eigenvalue weighted by Crippen LogP contribution is -2.29. The van der Waals surface area contributed by atoms with Crippen molar-refractivity contribution in [2.75, 3.05) is 13.2 Å². The summed E-state index contributed by atoms with van der Waals surface area (Å²) in [5, 5.41) is 13.7. The summed E-state index contributed by atoms with van der Waals surface area (Å²) in [5.41, 5.74) is 1.29. The van der Waals surface area contributed by atoms with Crippen molar-refractivity contribution in [1.29, 1.82) is 0 Å². The summed E-state index contributed by atoms with van der Waals surface area (Å²) in [6, 6.07) is 0.462. The maximum absolute atomic E-state index is 9.01. The Hall–Kier alpha value is -0.450. The Morgan fingerprint density at radius 1 is 1.62 bits per heavy atom. The summed E-state index contributed by atoms with van der Waals surface area (Å²) in [7, 11) is 0. The van der Waals surface area contributed by atoms with Crippen molar-refractivity contribution in [2.24, 2.45) is 5.92 Å². The van der Waals surface area contributed by atoms with Crippen molar-refractivity contribution in [3.8, 4) is 0 Å². The first-order chi connectivity index (χ1) is 7.70. The monoisotopic (exact) mass is 240 g/mol. The Labute approximate surface area is 101 Å². The number of hydrogen-bond acceptors (Lipinski definition) is 4. The van der Waals surface area contributed by atoms with Crippen LogP contribution in [0.2, 0.25) is 0 Å². The van der Waals surface area contributed by atoms with Gasteiger partial charge < -0.3 is 10.4 Å². The third-order valence-corrected chi connectivity index (χ3v) is 4.21. The predicted molar refractivity (Wildman–Crippen MR) is 66.8 cm³/mol. The van der Waals surface area contributed by atoms with Crippen molar-refractivity contribution in [3.63, 3.8) is 0 Å². The van der Waals surface area contributed by atoms with Crippen molar-refractivity contribution in [1.82, 2.24) is 10.3 Å². The van der Waals surface area contributed by atoms with E-state index in [4.69, 9.17) is 5.11 Å². The topological polar surface area (TPSA) is 45.2 Å². The van der Waals surface area contributed by atoms with Gasteiger partial charge in [-0.3, -0.25) is 0 Å². The maximum Gasteiger partial charge on any atom is 0.0900 e. The molecule has 1 aliphatic carbocycles. The van der Waals surface area contributed by atoms with Crippen LogP contribution in [-0.2, 0) is 6.42 Å². The molecule has 16 heavy (non-hydrogen) atoms. The summed E-state index contributed by atoms with van der Waals surface area (Å²) in [5.74, 6) is 0.333. The molecule has 1 heterocycles. The molecule has 2 rings (SSSR count). The van der Waals surface area contributed by atoms with Crippen molar-refractivity contribution in [2.45, 2.75) is 39.2 Å². The molecule has 0 bridgehead atoms. The summed E-state index contributed by atoms with van der Waals surface area (Å²) in [6.07, 6.45) is 3.56. The summed E-state index contributed by atoms with van der Waals surface area (Å²) < 4.78 is 0. The Morgan fingerprint density at radius 2 is 2.44 bits per heavy atom. The standard InChI is InChI=1S/C12H20N2OS/c1-8(7-15)6-13-10-4-3-5-11-12(10)16-9(2)14-11/h8,10,13,15H,3-7H2,1-2H3. The van der Waals surface area contributed by atoms with E-state index in [1.807, 2.05) is 11.3 Å². The van der Waals surface area contributed by atoms with E-state index in [0.717, 1.165) is 13.0 Å². The Kier molecular flexibility index (Phi) is 3.95. The Bertz CT molecular complexity index is 351. The molecule has 2 unspecified atom stereocenters. The summed E-state index contributed by atoms with van der Waals surface area (Å²) in [4.78, 5) is 6.00. The molecule has 2 atom stereocenters. The minimum Gasteiger partial charge on any atom is -0.396 e. The van der Waals surface area contributed by atoms with Gasteiger partial charge in [0.15, 0.2) is 0 Å². The van der Waals surface area contributed by atoms with Gasteiger partial charge in [0.1, 0.15) is 0 Å². The van der Waals surface area contributed by atoms with Gasteiger partial charge in [-0.2, -0.15) is 0 Å². The Morgan fingerprint density at radius 3 is 3.19 bits per heavy atom. The number of aliphatic hydroxyl groups is 1. The Balaban J connectivity index is 2.01. The van der Waals surface area contributed by atoms with Crippen LogP contribution in [0, 0.1) is 12.8 Å². The number of hydrogen-bond donors (Lipinski definition) is 2. The fourth-order valence-corrected chi connectivity index (χ4v) is 3.23. The molecule has 2 N–H and O–H groups in total. The van der Waals surface area contributed by atoms with Gasteiger partial charge in [0, 0.05) is 24.1 Å². The molecule has 0 fully saturated rings. The number of nitrogens with zero attached hydrogens (tertiary/aromatic N) is 1. The highest BCUT2D eigenvalue weighted by atomic mass is 32.1. The van der Waals surface area contributed by atoms with Crippen LogP contribution >= 0.6 is 11.3 Å². The first-order valence-electron chi connectivity index (χ1n) is 6.01. The highest BCUT2D eigenvalue weighted by molar-refractivity contribution is 7.11. The molecule has 0 radical (unpaired) electrons. The van der Waals surface area contributed by atoms with Gasteiger partial charge >= 0.3 is 0 Å². The zero-order valence-corrected chi connectivity index (χ0v) is 10.8. The minimum atomic E-state index is 0.258. The van der Waals surface area contributed by atoms with Gasteiger partial charge in [-0.05, 0) is 32.1 Å². The number of rotatable bonds is 4. The fraction of sp³-hybridized carbons (Fsp3) is 0.750. The summed E-state index contributed by atoms with van der Waals surface area (Å²) in [6.45, 7) is 5.29. The fourth-order valence-electron chi connectivity index (χ4n) is 2.14. The second-order valence-electron chi connectivity index (χ2n) is 4.68. The molecule has 0 aliphatic heterocycles. The first-order valence-corrected chi connectivity index (χ1v) is 6.82. The molecule has 0 aromatic carbocycles. The van der Waals surface area contributed by atoms with Gasteiger partial charge in [0.25, 0.3) is 0 Å². The number of aromatic nitrogens is 1. The van der Waals surface area contributed by atoms with Crippen LogP contribution in [0.25, 0.3) is 0 Å². The first kappa shape index (κ1) is 12.0. The normalized spacial score (nSPS) is 21.8. The van der Waals surface area contributed by atoms with E-state index in [9.17, 15) is 0 Å². The molecule has 0 amide bonds. The lowest BCUT2D eigenvalue weighted by molar-refractivity contribution is 0.228. The molecule has 0 saturated carbocycles. The molecule has 4 heteroatoms. The predicted octanol–water partition coefficient (Wildman–Crippen LogP) is 2.05. The second-order valence-corrected chi connectivity index (χ2v) is 5.92. The van der Waals surface area contributed by atoms with Crippen LogP contribution in [0.1, 0.15) is 41.4 Å². The van der Waals surface area contributed by atoms with Crippen LogP contribution in [0.4, 0.5) is 0 Å². The third kappa shape index (κ3) is 2.62. The molecule has 1 aliphatic rings. The van der Waals surface area contributed by atoms with Crippen molar-refractivity contribution < 1.29 is 5.11 Å². The highest BCUT2D eigenvalue weighted by Crippen LogP contribution is 2.33. The number of fused-ring (bicyclic) bond motifs is 1. The van der Waals surface area contributed by atoms with Gasteiger partial charge in [0.05, 0.1) is 10.7 Å². The number of aryl methyl sites for hydroxylation is 2. The number of aliphatic hydroxyl groups excluding tert-OH is 1. The van der Waals surface area contributed by atoms with Crippen LogP contribution in [0.15, 0.2) is 0 Å². The van der Waals surface area contributed by atoms with E-state index >= 15 is 0 Å². The van der Waals surface area contributed by atoms with Gasteiger partial charge in [-0.25, -0.2) is 4.98 Å². The maximum atomic E-state index is 9.01. The minimum absolute atomic E-state index is 0.258. The molecule has 0 spiro atoms. The lowest BCUT2D eigenvalue weighted by atomic mass is 9.97. The smallest absolute Gasteiger partial charge is 0.0900 e. The largest absolute Gasteiger partial charge is 0.396 e. The number of thiazole rings is 1. The molecule has 90 valence electrons. The van der Waals surface area contributed by atoms with E-state index in [2.05, 4.69) is 24.1 Å². The average Bonchev–Trinajstić information content (AvgIpc) is 2.66. The van der Waals surface area contributed by atoms with E-state index in [0.29, 0.717) is 12.0 Å².